The highest BCUT2D eigenvalue weighted by atomic mass is 35.5. The predicted octanol–water partition coefficient (Wildman–Crippen LogP) is 1.70. The van der Waals surface area contributed by atoms with Gasteiger partial charge in [0.15, 0.2) is 0 Å². The molecule has 0 unspecified atom stereocenters. The van der Waals surface area contributed by atoms with Crippen molar-refractivity contribution in [3.05, 3.63) is 35.9 Å². The molecular formula is C16H26ClN3O2. The van der Waals surface area contributed by atoms with Gasteiger partial charge in [-0.15, -0.1) is 12.4 Å². The van der Waals surface area contributed by atoms with Gasteiger partial charge in [-0.1, -0.05) is 30.3 Å². The van der Waals surface area contributed by atoms with Crippen molar-refractivity contribution >= 4 is 24.2 Å². The normalized spacial score (nSPS) is 10.5. The summed E-state index contributed by atoms with van der Waals surface area (Å²) in [4.78, 5) is 25.1. The number of hydrogen-bond donors (Lipinski definition) is 2. The van der Waals surface area contributed by atoms with Gasteiger partial charge in [0.25, 0.3) is 0 Å². The van der Waals surface area contributed by atoms with Gasteiger partial charge in [0.05, 0.1) is 0 Å². The van der Waals surface area contributed by atoms with Crippen molar-refractivity contribution in [2.24, 2.45) is 5.73 Å². The van der Waals surface area contributed by atoms with Crippen LogP contribution in [0.25, 0.3) is 0 Å². The van der Waals surface area contributed by atoms with Gasteiger partial charge in [0.2, 0.25) is 11.8 Å². The van der Waals surface area contributed by atoms with Gasteiger partial charge in [-0.2, -0.15) is 0 Å². The average Bonchev–Trinajstić information content (AvgIpc) is 2.41. The zero-order valence-corrected chi connectivity index (χ0v) is 14.3. The summed E-state index contributed by atoms with van der Waals surface area (Å²) in [6.07, 6.45) is 0.280. The number of carbonyl (C=O) groups excluding carboxylic acids is 2. The van der Waals surface area contributed by atoms with Crippen LogP contribution < -0.4 is 11.1 Å². The number of hydrogen-bond acceptors (Lipinski definition) is 3. The predicted molar refractivity (Wildman–Crippen MR) is 90.7 cm³/mol. The van der Waals surface area contributed by atoms with E-state index in [0.717, 1.165) is 5.56 Å². The monoisotopic (exact) mass is 327 g/mol. The lowest BCUT2D eigenvalue weighted by molar-refractivity contribution is -0.130. The molecule has 0 saturated carbocycles. The van der Waals surface area contributed by atoms with E-state index in [4.69, 9.17) is 5.73 Å². The van der Waals surface area contributed by atoms with E-state index in [-0.39, 0.29) is 30.6 Å². The lowest BCUT2D eigenvalue weighted by Crippen LogP contribution is -2.45. The number of benzene rings is 1. The minimum atomic E-state index is -0.431. The second kappa shape index (κ2) is 9.43. The van der Waals surface area contributed by atoms with Gasteiger partial charge in [0.1, 0.15) is 0 Å². The van der Waals surface area contributed by atoms with Gasteiger partial charge in [-0.05, 0) is 19.4 Å². The topological polar surface area (TPSA) is 75.4 Å². The Balaban J connectivity index is 0.00000441. The van der Waals surface area contributed by atoms with E-state index in [0.29, 0.717) is 19.6 Å². The fourth-order valence-electron chi connectivity index (χ4n) is 1.80. The number of nitrogens with two attached hydrogens (primary N) is 1. The van der Waals surface area contributed by atoms with Crippen LogP contribution in [0.15, 0.2) is 30.3 Å². The highest BCUT2D eigenvalue weighted by Gasteiger charge is 2.14. The van der Waals surface area contributed by atoms with E-state index in [1.54, 1.807) is 4.90 Å². The molecule has 0 atom stereocenters. The summed E-state index contributed by atoms with van der Waals surface area (Å²) < 4.78 is 0. The molecule has 22 heavy (non-hydrogen) atoms. The van der Waals surface area contributed by atoms with Crippen LogP contribution in [0.4, 0.5) is 0 Å². The molecule has 1 aromatic carbocycles. The Morgan fingerprint density at radius 3 is 2.32 bits per heavy atom. The summed E-state index contributed by atoms with van der Waals surface area (Å²) in [6.45, 7) is 6.57. The van der Waals surface area contributed by atoms with Crippen molar-refractivity contribution in [2.45, 2.75) is 39.3 Å². The number of halogens is 1. The quantitative estimate of drug-likeness (QED) is 0.800. The van der Waals surface area contributed by atoms with Crippen LogP contribution in [-0.4, -0.2) is 35.3 Å². The fraction of sp³-hybridized carbons (Fsp3) is 0.500. The first-order valence-corrected chi connectivity index (χ1v) is 7.13. The zero-order valence-electron chi connectivity index (χ0n) is 13.5. The van der Waals surface area contributed by atoms with Crippen LogP contribution in [0.2, 0.25) is 0 Å². The minimum absolute atomic E-state index is 0. The molecule has 5 nitrogen and oxygen atoms in total. The first kappa shape index (κ1) is 20.4. The highest BCUT2D eigenvalue weighted by Crippen LogP contribution is 2.05. The van der Waals surface area contributed by atoms with Gasteiger partial charge in [0, 0.05) is 38.5 Å². The number of carbonyl (C=O) groups is 2. The second-order valence-electron chi connectivity index (χ2n) is 5.94. The minimum Gasteiger partial charge on any atom is -0.354 e. The lowest BCUT2D eigenvalue weighted by atomic mass is 10.1. The third kappa shape index (κ3) is 8.64. The Kier molecular flexibility index (Phi) is 8.75. The zero-order chi connectivity index (χ0) is 15.9. The van der Waals surface area contributed by atoms with Crippen molar-refractivity contribution in [1.82, 2.24) is 10.2 Å². The summed E-state index contributed by atoms with van der Waals surface area (Å²) >= 11 is 0. The summed E-state index contributed by atoms with van der Waals surface area (Å²) in [5.74, 6) is -0.126. The smallest absolute Gasteiger partial charge is 0.221 e. The molecule has 2 amide bonds. The average molecular weight is 328 g/mol. The van der Waals surface area contributed by atoms with Gasteiger partial charge >= 0.3 is 0 Å². The Morgan fingerprint density at radius 1 is 1.23 bits per heavy atom. The van der Waals surface area contributed by atoms with Crippen molar-refractivity contribution < 1.29 is 9.59 Å². The molecule has 0 saturated heterocycles. The SMILES string of the molecule is CC(=O)N(CCC(=O)NCC(C)(C)N)Cc1ccccc1.Cl. The van der Waals surface area contributed by atoms with E-state index in [1.165, 1.54) is 6.92 Å². The van der Waals surface area contributed by atoms with Crippen molar-refractivity contribution in [3.63, 3.8) is 0 Å². The molecule has 124 valence electrons. The number of nitrogens with one attached hydrogen (secondary N) is 1. The Labute approximate surface area is 138 Å². The maximum atomic E-state index is 11.8. The van der Waals surface area contributed by atoms with Crippen LogP contribution in [0, 0.1) is 0 Å². The Hall–Kier alpha value is -1.59. The number of nitrogens with zero attached hydrogens (tertiary/aromatic N) is 1. The van der Waals surface area contributed by atoms with E-state index >= 15 is 0 Å². The summed E-state index contributed by atoms with van der Waals surface area (Å²) in [7, 11) is 0. The van der Waals surface area contributed by atoms with Crippen LogP contribution >= 0.6 is 12.4 Å². The van der Waals surface area contributed by atoms with E-state index in [9.17, 15) is 9.59 Å². The first-order chi connectivity index (χ1) is 9.78. The van der Waals surface area contributed by atoms with Crippen LogP contribution in [0.5, 0.6) is 0 Å². The Morgan fingerprint density at radius 2 is 1.82 bits per heavy atom. The van der Waals surface area contributed by atoms with Crippen LogP contribution in [0.3, 0.4) is 0 Å². The third-order valence-electron chi connectivity index (χ3n) is 3.01. The third-order valence-corrected chi connectivity index (χ3v) is 3.01. The van der Waals surface area contributed by atoms with E-state index in [2.05, 4.69) is 5.32 Å². The first-order valence-electron chi connectivity index (χ1n) is 7.13. The van der Waals surface area contributed by atoms with Crippen molar-refractivity contribution in [2.75, 3.05) is 13.1 Å². The number of rotatable bonds is 7. The summed E-state index contributed by atoms with van der Waals surface area (Å²) in [5.41, 5.74) is 6.43. The molecule has 0 aliphatic heterocycles. The molecule has 3 N–H and O–H groups in total. The molecule has 0 fully saturated rings. The molecule has 0 aromatic heterocycles. The molecular weight excluding hydrogens is 302 g/mol. The molecule has 0 heterocycles. The largest absolute Gasteiger partial charge is 0.354 e. The maximum Gasteiger partial charge on any atom is 0.221 e. The fourth-order valence-corrected chi connectivity index (χ4v) is 1.80. The summed E-state index contributed by atoms with van der Waals surface area (Å²) in [5, 5.41) is 2.78. The molecule has 0 aliphatic rings. The van der Waals surface area contributed by atoms with Gasteiger partial charge < -0.3 is 16.0 Å². The lowest BCUT2D eigenvalue weighted by Gasteiger charge is -2.22. The second-order valence-corrected chi connectivity index (χ2v) is 5.94. The molecule has 0 aliphatic carbocycles. The van der Waals surface area contributed by atoms with Gasteiger partial charge in [-0.25, -0.2) is 0 Å². The molecule has 1 rings (SSSR count). The Bertz CT molecular complexity index is 472. The molecule has 0 radical (unpaired) electrons. The standard InChI is InChI=1S/C16H25N3O2.ClH/c1-13(20)19(11-14-7-5-4-6-8-14)10-9-15(21)18-12-16(2,3)17;/h4-8H,9-12,17H2,1-3H3,(H,18,21);1H. The van der Waals surface area contributed by atoms with Gasteiger partial charge in [-0.3, -0.25) is 9.59 Å². The van der Waals surface area contributed by atoms with Crippen LogP contribution in [-0.2, 0) is 16.1 Å². The summed E-state index contributed by atoms with van der Waals surface area (Å²) in [6, 6.07) is 9.73. The van der Waals surface area contributed by atoms with Crippen molar-refractivity contribution in [1.29, 1.82) is 0 Å². The highest BCUT2D eigenvalue weighted by molar-refractivity contribution is 5.85. The molecule has 1 aromatic rings. The molecule has 6 heteroatoms. The van der Waals surface area contributed by atoms with E-state index in [1.807, 2.05) is 44.2 Å². The van der Waals surface area contributed by atoms with Crippen LogP contribution in [0.1, 0.15) is 32.8 Å². The molecule has 0 spiro atoms. The van der Waals surface area contributed by atoms with Crippen molar-refractivity contribution in [3.8, 4) is 0 Å². The van der Waals surface area contributed by atoms with E-state index < -0.39 is 5.54 Å². The molecule has 0 bridgehead atoms. The number of amides is 2. The maximum absolute atomic E-state index is 11.8.